The maximum absolute atomic E-state index is 12.6. The Balaban J connectivity index is 2.46. The predicted octanol–water partition coefficient (Wildman–Crippen LogP) is 2.62. The Morgan fingerprint density at radius 2 is 1.85 bits per heavy atom. The third-order valence-electron chi connectivity index (χ3n) is 3.82. The van der Waals surface area contributed by atoms with Gasteiger partial charge in [-0.3, -0.25) is 9.59 Å². The minimum absolute atomic E-state index is 0.0197. The molecule has 2 amide bonds. The van der Waals surface area contributed by atoms with Crippen molar-refractivity contribution in [3.05, 3.63) is 44.8 Å². The molecule has 0 atom stereocenters. The second-order valence-electron chi connectivity index (χ2n) is 5.73. The quantitative estimate of drug-likeness (QED) is 0.781. The van der Waals surface area contributed by atoms with E-state index in [4.69, 9.17) is 17.3 Å². The van der Waals surface area contributed by atoms with Crippen LogP contribution in [0.1, 0.15) is 31.2 Å². The van der Waals surface area contributed by atoms with Crippen LogP contribution in [0.4, 0.5) is 5.00 Å². The maximum atomic E-state index is 12.6. The highest BCUT2D eigenvalue weighted by Crippen LogP contribution is 2.33. The molecule has 1 aromatic heterocycles. The Labute approximate surface area is 160 Å². The molecule has 0 spiro atoms. The number of carbonyl (C=O) groups is 2. The normalized spacial score (nSPS) is 11.6. The molecular formula is C16H18ClN3O4S2. The Kier molecular flexibility index (Phi) is 5.76. The number of anilines is 1. The van der Waals surface area contributed by atoms with Crippen LogP contribution in [0.3, 0.4) is 0 Å². The van der Waals surface area contributed by atoms with Gasteiger partial charge in [-0.05, 0) is 37.6 Å². The summed E-state index contributed by atoms with van der Waals surface area (Å²) in [6.45, 7) is 3.54. The van der Waals surface area contributed by atoms with Gasteiger partial charge in [0.05, 0.1) is 21.0 Å². The van der Waals surface area contributed by atoms with Gasteiger partial charge in [0.15, 0.2) is 0 Å². The van der Waals surface area contributed by atoms with Crippen LogP contribution in [0.15, 0.2) is 23.1 Å². The van der Waals surface area contributed by atoms with Gasteiger partial charge >= 0.3 is 0 Å². The van der Waals surface area contributed by atoms with Crippen molar-refractivity contribution in [1.82, 2.24) is 4.31 Å². The third-order valence-corrected chi connectivity index (χ3v) is 7.08. The van der Waals surface area contributed by atoms with Gasteiger partial charge in [-0.1, -0.05) is 11.6 Å². The number of nitrogens with two attached hydrogens (primary N) is 1. The standard InChI is InChI=1S/C16H18ClN3O4S2/c1-8-9(2)25-16(13(8)14(18)21)19-15(22)11-7-10(5-6-12(11)17)26(23,24)20(3)4/h5-7H,1-4H3,(H2,18,21)(H,19,22). The van der Waals surface area contributed by atoms with Crippen molar-refractivity contribution >= 4 is 49.8 Å². The van der Waals surface area contributed by atoms with Crippen LogP contribution in [0, 0.1) is 13.8 Å². The van der Waals surface area contributed by atoms with Crippen LogP contribution >= 0.6 is 22.9 Å². The van der Waals surface area contributed by atoms with Crippen molar-refractivity contribution in [3.63, 3.8) is 0 Å². The summed E-state index contributed by atoms with van der Waals surface area (Å²) in [6.07, 6.45) is 0. The number of nitrogens with one attached hydrogen (secondary N) is 1. The van der Waals surface area contributed by atoms with Gasteiger partial charge in [0.1, 0.15) is 5.00 Å². The van der Waals surface area contributed by atoms with Crippen molar-refractivity contribution in [1.29, 1.82) is 0 Å². The number of sulfonamides is 1. The van der Waals surface area contributed by atoms with E-state index in [2.05, 4.69) is 5.32 Å². The van der Waals surface area contributed by atoms with Crippen molar-refractivity contribution in [2.24, 2.45) is 5.73 Å². The van der Waals surface area contributed by atoms with E-state index in [-0.39, 0.29) is 21.0 Å². The number of amides is 2. The molecule has 26 heavy (non-hydrogen) atoms. The highest BCUT2D eigenvalue weighted by molar-refractivity contribution is 7.89. The van der Waals surface area contributed by atoms with Crippen molar-refractivity contribution in [2.75, 3.05) is 19.4 Å². The second-order valence-corrected chi connectivity index (χ2v) is 9.52. The fraction of sp³-hybridized carbons (Fsp3) is 0.250. The lowest BCUT2D eigenvalue weighted by Crippen LogP contribution is -2.23. The van der Waals surface area contributed by atoms with Crippen LogP contribution in [0.25, 0.3) is 0 Å². The largest absolute Gasteiger partial charge is 0.365 e. The number of nitrogens with zero attached hydrogens (tertiary/aromatic N) is 1. The van der Waals surface area contributed by atoms with Crippen molar-refractivity contribution < 1.29 is 18.0 Å². The van der Waals surface area contributed by atoms with Crippen LogP contribution in [0.5, 0.6) is 0 Å². The first-order valence-corrected chi connectivity index (χ1v) is 10.0. The predicted molar refractivity (Wildman–Crippen MR) is 103 cm³/mol. The molecule has 7 nitrogen and oxygen atoms in total. The Hall–Kier alpha value is -1.94. The smallest absolute Gasteiger partial charge is 0.257 e. The zero-order chi connectivity index (χ0) is 19.8. The fourth-order valence-corrected chi connectivity index (χ4v) is 4.42. The lowest BCUT2D eigenvalue weighted by atomic mass is 10.1. The molecule has 0 aliphatic rings. The minimum atomic E-state index is -3.72. The maximum Gasteiger partial charge on any atom is 0.257 e. The third kappa shape index (κ3) is 3.75. The van der Waals surface area contributed by atoms with Crippen molar-refractivity contribution in [2.45, 2.75) is 18.7 Å². The molecule has 0 aliphatic heterocycles. The molecular weight excluding hydrogens is 398 g/mol. The lowest BCUT2D eigenvalue weighted by molar-refractivity contribution is 0.100. The highest BCUT2D eigenvalue weighted by atomic mass is 35.5. The van der Waals surface area contributed by atoms with Gasteiger partial charge < -0.3 is 11.1 Å². The van der Waals surface area contributed by atoms with E-state index in [1.807, 2.05) is 0 Å². The van der Waals surface area contributed by atoms with Gasteiger partial charge in [0.25, 0.3) is 11.8 Å². The Morgan fingerprint density at radius 3 is 2.38 bits per heavy atom. The zero-order valence-corrected chi connectivity index (χ0v) is 17.0. The first kappa shape index (κ1) is 20.4. The Bertz CT molecular complexity index is 997. The molecule has 0 saturated carbocycles. The number of benzene rings is 1. The summed E-state index contributed by atoms with van der Waals surface area (Å²) in [5.74, 6) is -1.29. The summed E-state index contributed by atoms with van der Waals surface area (Å²) in [6, 6.07) is 3.86. The van der Waals surface area contributed by atoms with E-state index in [9.17, 15) is 18.0 Å². The van der Waals surface area contributed by atoms with Gasteiger partial charge in [-0.2, -0.15) is 0 Å². The number of halogens is 1. The number of primary amides is 1. The van der Waals surface area contributed by atoms with Crippen LogP contribution < -0.4 is 11.1 Å². The molecule has 0 bridgehead atoms. The second kappa shape index (κ2) is 7.36. The minimum Gasteiger partial charge on any atom is -0.365 e. The van der Waals surface area contributed by atoms with Gasteiger partial charge in [-0.25, -0.2) is 12.7 Å². The van der Waals surface area contributed by atoms with E-state index >= 15 is 0 Å². The zero-order valence-electron chi connectivity index (χ0n) is 14.6. The van der Waals surface area contributed by atoms with Crippen LogP contribution in [-0.4, -0.2) is 38.6 Å². The molecule has 2 rings (SSSR count). The molecule has 140 valence electrons. The van der Waals surface area contributed by atoms with E-state index in [0.29, 0.717) is 10.6 Å². The van der Waals surface area contributed by atoms with Gasteiger partial charge in [0, 0.05) is 19.0 Å². The molecule has 3 N–H and O–H groups in total. The number of hydrogen-bond acceptors (Lipinski definition) is 5. The summed E-state index contributed by atoms with van der Waals surface area (Å²) in [5.41, 5.74) is 6.29. The number of hydrogen-bond donors (Lipinski definition) is 2. The summed E-state index contributed by atoms with van der Waals surface area (Å²) in [7, 11) is -0.946. The van der Waals surface area contributed by atoms with E-state index in [1.165, 1.54) is 43.6 Å². The molecule has 0 radical (unpaired) electrons. The average molecular weight is 416 g/mol. The lowest BCUT2D eigenvalue weighted by Gasteiger charge is -2.13. The first-order chi connectivity index (χ1) is 12.0. The Morgan fingerprint density at radius 1 is 1.23 bits per heavy atom. The monoisotopic (exact) mass is 415 g/mol. The number of rotatable bonds is 5. The van der Waals surface area contributed by atoms with Gasteiger partial charge in [0.2, 0.25) is 10.0 Å². The van der Waals surface area contributed by atoms with E-state index in [0.717, 1.165) is 9.18 Å². The summed E-state index contributed by atoms with van der Waals surface area (Å²) in [5, 5.41) is 2.99. The molecule has 1 aromatic carbocycles. The summed E-state index contributed by atoms with van der Waals surface area (Å²) in [4.78, 5) is 25.1. The first-order valence-electron chi connectivity index (χ1n) is 7.40. The molecule has 2 aromatic rings. The van der Waals surface area contributed by atoms with E-state index < -0.39 is 21.8 Å². The molecule has 10 heteroatoms. The summed E-state index contributed by atoms with van der Waals surface area (Å²) >= 11 is 7.28. The van der Waals surface area contributed by atoms with Crippen LogP contribution in [0.2, 0.25) is 5.02 Å². The molecule has 0 unspecified atom stereocenters. The SMILES string of the molecule is Cc1sc(NC(=O)c2cc(S(=O)(=O)N(C)C)ccc2Cl)c(C(N)=O)c1C. The van der Waals surface area contributed by atoms with E-state index in [1.54, 1.807) is 13.8 Å². The number of carbonyl (C=O) groups excluding carboxylic acids is 2. The molecule has 0 aliphatic carbocycles. The number of thiophene rings is 1. The van der Waals surface area contributed by atoms with Crippen molar-refractivity contribution in [3.8, 4) is 0 Å². The van der Waals surface area contributed by atoms with Crippen LogP contribution in [-0.2, 0) is 10.0 Å². The highest BCUT2D eigenvalue weighted by Gasteiger charge is 2.23. The topological polar surface area (TPSA) is 110 Å². The number of aryl methyl sites for hydroxylation is 1. The summed E-state index contributed by atoms with van der Waals surface area (Å²) < 4.78 is 25.6. The molecule has 1 heterocycles. The molecule has 0 saturated heterocycles. The molecule has 0 fully saturated rings. The average Bonchev–Trinajstić information content (AvgIpc) is 2.81. The fourth-order valence-electron chi connectivity index (χ4n) is 2.23. The van der Waals surface area contributed by atoms with Gasteiger partial charge in [-0.15, -0.1) is 11.3 Å².